The third-order valence-electron chi connectivity index (χ3n) is 4.13. The van der Waals surface area contributed by atoms with Crippen molar-refractivity contribution in [1.82, 2.24) is 10.2 Å². The predicted octanol–water partition coefficient (Wildman–Crippen LogP) is 3.24. The van der Waals surface area contributed by atoms with Crippen LogP contribution in [0.5, 0.6) is 5.75 Å². The minimum absolute atomic E-state index is 0.143. The highest BCUT2D eigenvalue weighted by Crippen LogP contribution is 2.22. The Hall–Kier alpha value is -2.05. The molecule has 24 heavy (non-hydrogen) atoms. The smallest absolute Gasteiger partial charge is 0.317 e. The van der Waals surface area contributed by atoms with E-state index in [-0.39, 0.29) is 18.6 Å². The van der Waals surface area contributed by atoms with Crippen molar-refractivity contribution in [2.75, 3.05) is 27.3 Å². The van der Waals surface area contributed by atoms with Crippen molar-refractivity contribution in [3.8, 4) is 5.75 Å². The van der Waals surface area contributed by atoms with Gasteiger partial charge in [-0.3, -0.25) is 0 Å². The molecule has 0 bridgehead atoms. The van der Waals surface area contributed by atoms with Gasteiger partial charge in [0.25, 0.3) is 0 Å². The first kappa shape index (κ1) is 18.3. The number of urea groups is 1. The molecule has 5 nitrogen and oxygen atoms in total. The Balaban J connectivity index is 1.96. The van der Waals surface area contributed by atoms with E-state index in [0.717, 1.165) is 11.3 Å². The van der Waals surface area contributed by atoms with Crippen molar-refractivity contribution in [3.63, 3.8) is 0 Å². The number of nitrogens with zero attached hydrogens (tertiary/aromatic N) is 1. The van der Waals surface area contributed by atoms with Crippen molar-refractivity contribution < 1.29 is 14.6 Å². The molecule has 130 valence electrons. The number of hydrogen-bond acceptors (Lipinski definition) is 4. The summed E-state index contributed by atoms with van der Waals surface area (Å²) >= 11 is 1.65. The lowest BCUT2D eigenvalue weighted by atomic mass is 10.1. The molecule has 0 radical (unpaired) electrons. The van der Waals surface area contributed by atoms with Crippen molar-refractivity contribution in [2.24, 2.45) is 0 Å². The fraction of sp³-hybridized carbons (Fsp3) is 0.389. The van der Waals surface area contributed by atoms with Gasteiger partial charge < -0.3 is 20.1 Å². The van der Waals surface area contributed by atoms with Gasteiger partial charge in [0.1, 0.15) is 5.75 Å². The zero-order chi connectivity index (χ0) is 17.5. The van der Waals surface area contributed by atoms with Crippen molar-refractivity contribution >= 4 is 17.4 Å². The Bertz CT molecular complexity index is 628. The number of amides is 2. The topological polar surface area (TPSA) is 61.8 Å². The second-order valence-electron chi connectivity index (χ2n) is 5.73. The van der Waals surface area contributed by atoms with Crippen molar-refractivity contribution in [3.05, 3.63) is 52.2 Å². The summed E-state index contributed by atoms with van der Waals surface area (Å²) in [6.45, 7) is 2.49. The summed E-state index contributed by atoms with van der Waals surface area (Å²) in [6, 6.07) is 8.83. The molecule has 2 aromatic rings. The van der Waals surface area contributed by atoms with Crippen LogP contribution in [-0.2, 0) is 0 Å². The van der Waals surface area contributed by atoms with Crippen LogP contribution in [0, 0.1) is 0 Å². The lowest BCUT2D eigenvalue weighted by Gasteiger charge is -2.28. The molecule has 1 heterocycles. The van der Waals surface area contributed by atoms with Gasteiger partial charge in [-0.2, -0.15) is 11.3 Å². The van der Waals surface area contributed by atoms with Gasteiger partial charge in [0.15, 0.2) is 0 Å². The minimum atomic E-state index is -0.396. The number of rotatable bonds is 7. The maximum atomic E-state index is 12.4. The van der Waals surface area contributed by atoms with Gasteiger partial charge in [-0.25, -0.2) is 4.79 Å². The Morgan fingerprint density at radius 2 is 2.00 bits per heavy atom. The summed E-state index contributed by atoms with van der Waals surface area (Å²) < 4.78 is 5.14. The molecule has 2 atom stereocenters. The van der Waals surface area contributed by atoms with Crippen LogP contribution in [0.2, 0.25) is 0 Å². The third kappa shape index (κ3) is 4.49. The highest BCUT2D eigenvalue weighted by atomic mass is 32.1. The highest BCUT2D eigenvalue weighted by molar-refractivity contribution is 7.07. The van der Waals surface area contributed by atoms with Crippen LogP contribution in [0.15, 0.2) is 41.1 Å². The molecule has 0 aliphatic heterocycles. The molecule has 0 aliphatic carbocycles. The van der Waals surface area contributed by atoms with Crippen LogP contribution in [0.4, 0.5) is 4.79 Å². The van der Waals surface area contributed by atoms with Gasteiger partial charge in [0.2, 0.25) is 0 Å². The summed E-state index contributed by atoms with van der Waals surface area (Å²) in [6.07, 6.45) is 0. The van der Waals surface area contributed by atoms with Crippen LogP contribution in [0.3, 0.4) is 0 Å². The molecule has 0 saturated heterocycles. The molecule has 2 rings (SSSR count). The molecular weight excluding hydrogens is 324 g/mol. The third-order valence-corrected chi connectivity index (χ3v) is 4.83. The number of thiophene rings is 1. The summed E-state index contributed by atoms with van der Waals surface area (Å²) in [5.41, 5.74) is 2.08. The van der Waals surface area contributed by atoms with Gasteiger partial charge >= 0.3 is 6.03 Å². The summed E-state index contributed by atoms with van der Waals surface area (Å²) in [5.74, 6) is 0.995. The molecule has 0 spiro atoms. The minimum Gasteiger partial charge on any atom is -0.497 e. The Morgan fingerprint density at radius 3 is 2.54 bits per heavy atom. The summed E-state index contributed by atoms with van der Waals surface area (Å²) in [7, 11) is 3.29. The molecule has 2 amide bonds. The number of hydrogen-bond donors (Lipinski definition) is 2. The SMILES string of the molecule is COc1ccc(C(CO)N(C)C(=O)NCC(C)c2ccsc2)cc1. The number of ether oxygens (including phenoxy) is 1. The van der Waals surface area contributed by atoms with Crippen molar-refractivity contribution in [1.29, 1.82) is 0 Å². The van der Waals surface area contributed by atoms with Gasteiger partial charge in [-0.15, -0.1) is 0 Å². The fourth-order valence-electron chi connectivity index (χ4n) is 2.46. The van der Waals surface area contributed by atoms with E-state index in [9.17, 15) is 9.90 Å². The predicted molar refractivity (Wildman–Crippen MR) is 96.7 cm³/mol. The lowest BCUT2D eigenvalue weighted by molar-refractivity contribution is 0.149. The number of aliphatic hydroxyl groups excluding tert-OH is 1. The summed E-state index contributed by atoms with van der Waals surface area (Å²) in [4.78, 5) is 13.9. The quantitative estimate of drug-likeness (QED) is 0.807. The maximum Gasteiger partial charge on any atom is 0.317 e. The van der Waals surface area contributed by atoms with E-state index < -0.39 is 6.04 Å². The Morgan fingerprint density at radius 1 is 1.29 bits per heavy atom. The number of aliphatic hydroxyl groups is 1. The average molecular weight is 348 g/mol. The molecule has 6 heteroatoms. The van der Waals surface area contributed by atoms with E-state index >= 15 is 0 Å². The van der Waals surface area contributed by atoms with E-state index in [0.29, 0.717) is 6.54 Å². The van der Waals surface area contributed by atoms with E-state index in [2.05, 4.69) is 23.7 Å². The second-order valence-corrected chi connectivity index (χ2v) is 6.51. The van der Waals surface area contributed by atoms with Crippen LogP contribution in [0.1, 0.15) is 30.0 Å². The van der Waals surface area contributed by atoms with Gasteiger partial charge in [0, 0.05) is 13.6 Å². The first-order valence-corrected chi connectivity index (χ1v) is 8.78. The van der Waals surface area contributed by atoms with E-state index in [1.165, 1.54) is 10.5 Å². The molecular formula is C18H24N2O3S. The van der Waals surface area contributed by atoms with Crippen molar-refractivity contribution in [2.45, 2.75) is 18.9 Å². The number of carbonyl (C=O) groups excluding carboxylic acids is 1. The Kier molecular flexibility index (Phi) is 6.63. The first-order chi connectivity index (χ1) is 11.6. The fourth-order valence-corrected chi connectivity index (χ4v) is 3.24. The molecule has 1 aromatic carbocycles. The largest absolute Gasteiger partial charge is 0.497 e. The molecule has 1 aromatic heterocycles. The van der Waals surface area contributed by atoms with E-state index in [1.807, 2.05) is 29.6 Å². The second kappa shape index (κ2) is 8.70. The first-order valence-electron chi connectivity index (χ1n) is 7.84. The van der Waals surface area contributed by atoms with E-state index in [4.69, 9.17) is 4.74 Å². The molecule has 0 fully saturated rings. The molecule has 2 unspecified atom stereocenters. The van der Waals surface area contributed by atoms with Gasteiger partial charge in [-0.1, -0.05) is 19.1 Å². The zero-order valence-electron chi connectivity index (χ0n) is 14.2. The van der Waals surface area contributed by atoms with Gasteiger partial charge in [0.05, 0.1) is 19.8 Å². The van der Waals surface area contributed by atoms with Crippen LogP contribution >= 0.6 is 11.3 Å². The molecule has 0 saturated carbocycles. The zero-order valence-corrected chi connectivity index (χ0v) is 15.0. The maximum absolute atomic E-state index is 12.4. The monoisotopic (exact) mass is 348 g/mol. The van der Waals surface area contributed by atoms with Gasteiger partial charge in [-0.05, 0) is 46.0 Å². The number of carbonyl (C=O) groups is 1. The number of likely N-dealkylation sites (N-methyl/N-ethyl adjacent to an activating group) is 1. The highest BCUT2D eigenvalue weighted by Gasteiger charge is 2.21. The lowest BCUT2D eigenvalue weighted by Crippen LogP contribution is -2.42. The number of nitrogens with one attached hydrogen (secondary N) is 1. The standard InChI is InChI=1S/C18H24N2O3S/c1-13(15-8-9-24-12-15)10-19-18(22)20(2)17(11-21)14-4-6-16(23-3)7-5-14/h4-9,12-13,17,21H,10-11H2,1-3H3,(H,19,22). The number of benzene rings is 1. The van der Waals surface area contributed by atoms with Crippen LogP contribution < -0.4 is 10.1 Å². The normalized spacial score (nSPS) is 13.2. The molecule has 0 aliphatic rings. The molecule has 2 N–H and O–H groups in total. The average Bonchev–Trinajstić information content (AvgIpc) is 3.15. The van der Waals surface area contributed by atoms with Crippen LogP contribution in [0.25, 0.3) is 0 Å². The summed E-state index contributed by atoms with van der Waals surface area (Å²) in [5, 5.41) is 16.8. The number of methoxy groups -OCH3 is 1. The Labute approximate surface area is 146 Å². The van der Waals surface area contributed by atoms with Crippen LogP contribution in [-0.4, -0.2) is 43.3 Å². The van der Waals surface area contributed by atoms with E-state index in [1.54, 1.807) is 25.5 Å².